The molecule has 0 aliphatic rings. The number of nitrogen functional groups attached to an aromatic ring is 1. The van der Waals surface area contributed by atoms with Crippen LogP contribution in [0.1, 0.15) is 26.7 Å². The van der Waals surface area contributed by atoms with Crippen molar-refractivity contribution in [3.8, 4) is 5.88 Å². The van der Waals surface area contributed by atoms with E-state index in [1.165, 1.54) is 0 Å². The van der Waals surface area contributed by atoms with Gasteiger partial charge in [0.05, 0.1) is 18.9 Å². The SMILES string of the molecule is COc1ccc(N)c(NCCCCOC(C)C)n1. The molecule has 0 spiro atoms. The third-order valence-electron chi connectivity index (χ3n) is 2.42. The van der Waals surface area contributed by atoms with Crippen LogP contribution < -0.4 is 15.8 Å². The molecule has 3 N–H and O–H groups in total. The molecule has 0 aliphatic carbocycles. The number of anilines is 2. The Morgan fingerprint density at radius 3 is 2.78 bits per heavy atom. The Kier molecular flexibility index (Phi) is 6.28. The van der Waals surface area contributed by atoms with Crippen molar-refractivity contribution in [2.24, 2.45) is 0 Å². The number of pyridine rings is 1. The number of aromatic nitrogens is 1. The maximum absolute atomic E-state index is 5.82. The van der Waals surface area contributed by atoms with Gasteiger partial charge in [0.25, 0.3) is 0 Å². The molecule has 0 saturated carbocycles. The number of methoxy groups -OCH3 is 1. The fourth-order valence-electron chi connectivity index (χ4n) is 1.46. The second kappa shape index (κ2) is 7.76. The van der Waals surface area contributed by atoms with Crippen LogP contribution >= 0.6 is 0 Å². The summed E-state index contributed by atoms with van der Waals surface area (Å²) >= 11 is 0. The molecule has 0 fully saturated rings. The van der Waals surface area contributed by atoms with Gasteiger partial charge in [-0.25, -0.2) is 0 Å². The molecule has 5 nitrogen and oxygen atoms in total. The molecule has 18 heavy (non-hydrogen) atoms. The van der Waals surface area contributed by atoms with Crippen LogP contribution in [0.2, 0.25) is 0 Å². The Morgan fingerprint density at radius 2 is 2.11 bits per heavy atom. The third-order valence-corrected chi connectivity index (χ3v) is 2.42. The molecule has 1 heterocycles. The molecule has 0 unspecified atom stereocenters. The average Bonchev–Trinajstić information content (AvgIpc) is 2.35. The summed E-state index contributed by atoms with van der Waals surface area (Å²) in [6.45, 7) is 5.70. The summed E-state index contributed by atoms with van der Waals surface area (Å²) in [7, 11) is 1.59. The van der Waals surface area contributed by atoms with E-state index in [-0.39, 0.29) is 0 Å². The van der Waals surface area contributed by atoms with Gasteiger partial charge in [-0.15, -0.1) is 0 Å². The first-order chi connectivity index (χ1) is 8.63. The Labute approximate surface area is 109 Å². The van der Waals surface area contributed by atoms with Crippen LogP contribution in [0.25, 0.3) is 0 Å². The number of rotatable bonds is 8. The Balaban J connectivity index is 2.26. The maximum atomic E-state index is 5.82. The Morgan fingerprint density at radius 1 is 1.33 bits per heavy atom. The van der Waals surface area contributed by atoms with Crippen LogP contribution in [-0.4, -0.2) is 31.3 Å². The molecule has 1 rings (SSSR count). The molecule has 0 aliphatic heterocycles. The van der Waals surface area contributed by atoms with Crippen LogP contribution in [-0.2, 0) is 4.74 Å². The molecular weight excluding hydrogens is 230 g/mol. The minimum Gasteiger partial charge on any atom is -0.481 e. The number of nitrogens with zero attached hydrogens (tertiary/aromatic N) is 1. The number of nitrogens with one attached hydrogen (secondary N) is 1. The summed E-state index contributed by atoms with van der Waals surface area (Å²) < 4.78 is 10.5. The third kappa shape index (κ3) is 5.23. The smallest absolute Gasteiger partial charge is 0.215 e. The van der Waals surface area contributed by atoms with E-state index in [4.69, 9.17) is 15.2 Å². The van der Waals surface area contributed by atoms with Crippen LogP contribution in [0.5, 0.6) is 5.88 Å². The predicted octanol–water partition coefficient (Wildman–Crippen LogP) is 2.29. The van der Waals surface area contributed by atoms with Crippen LogP contribution in [0.3, 0.4) is 0 Å². The molecule has 0 atom stereocenters. The summed E-state index contributed by atoms with van der Waals surface area (Å²) in [6, 6.07) is 3.53. The van der Waals surface area contributed by atoms with Crippen molar-refractivity contribution in [1.82, 2.24) is 4.98 Å². The van der Waals surface area contributed by atoms with Crippen molar-refractivity contribution >= 4 is 11.5 Å². The zero-order chi connectivity index (χ0) is 13.4. The zero-order valence-corrected chi connectivity index (χ0v) is 11.4. The van der Waals surface area contributed by atoms with E-state index in [0.29, 0.717) is 23.5 Å². The second-order valence-corrected chi connectivity index (χ2v) is 4.34. The van der Waals surface area contributed by atoms with E-state index in [9.17, 15) is 0 Å². The standard InChI is InChI=1S/C13H23N3O2/c1-10(2)18-9-5-4-8-15-13-11(14)6-7-12(16-13)17-3/h6-7,10H,4-5,8-9,14H2,1-3H3,(H,15,16). The van der Waals surface area contributed by atoms with Crippen molar-refractivity contribution in [3.63, 3.8) is 0 Å². The number of nitrogens with two attached hydrogens (primary N) is 1. The van der Waals surface area contributed by atoms with Gasteiger partial charge in [-0.05, 0) is 32.8 Å². The number of hydrogen-bond acceptors (Lipinski definition) is 5. The first-order valence-corrected chi connectivity index (χ1v) is 6.29. The van der Waals surface area contributed by atoms with Crippen molar-refractivity contribution in [1.29, 1.82) is 0 Å². The fourth-order valence-corrected chi connectivity index (χ4v) is 1.46. The van der Waals surface area contributed by atoms with Crippen molar-refractivity contribution in [2.75, 3.05) is 31.3 Å². The molecular formula is C13H23N3O2. The minimum atomic E-state index is 0.300. The lowest BCUT2D eigenvalue weighted by molar-refractivity contribution is 0.0765. The van der Waals surface area contributed by atoms with E-state index in [0.717, 1.165) is 26.0 Å². The molecule has 0 amide bonds. The van der Waals surface area contributed by atoms with Crippen molar-refractivity contribution < 1.29 is 9.47 Å². The highest BCUT2D eigenvalue weighted by molar-refractivity contribution is 5.61. The van der Waals surface area contributed by atoms with Crippen LogP contribution in [0, 0.1) is 0 Å². The van der Waals surface area contributed by atoms with Crippen molar-refractivity contribution in [2.45, 2.75) is 32.8 Å². The molecule has 0 saturated heterocycles. The predicted molar refractivity (Wildman–Crippen MR) is 74.0 cm³/mol. The minimum absolute atomic E-state index is 0.300. The molecule has 1 aromatic heterocycles. The topological polar surface area (TPSA) is 69.4 Å². The number of hydrogen-bond donors (Lipinski definition) is 2. The van der Waals surface area contributed by atoms with E-state index in [1.807, 2.05) is 13.8 Å². The van der Waals surface area contributed by atoms with Gasteiger partial charge in [0.1, 0.15) is 0 Å². The van der Waals surface area contributed by atoms with E-state index in [1.54, 1.807) is 19.2 Å². The Hall–Kier alpha value is -1.49. The number of ether oxygens (including phenoxy) is 2. The quantitative estimate of drug-likeness (QED) is 0.696. The van der Waals surface area contributed by atoms with E-state index < -0.39 is 0 Å². The lowest BCUT2D eigenvalue weighted by Gasteiger charge is -2.10. The van der Waals surface area contributed by atoms with Gasteiger partial charge in [-0.2, -0.15) is 4.98 Å². The molecule has 0 bridgehead atoms. The van der Waals surface area contributed by atoms with E-state index in [2.05, 4.69) is 10.3 Å². The van der Waals surface area contributed by atoms with E-state index >= 15 is 0 Å². The van der Waals surface area contributed by atoms with Gasteiger partial charge in [-0.3, -0.25) is 0 Å². The van der Waals surface area contributed by atoms with Crippen molar-refractivity contribution in [3.05, 3.63) is 12.1 Å². The highest BCUT2D eigenvalue weighted by atomic mass is 16.5. The summed E-state index contributed by atoms with van der Waals surface area (Å²) in [5, 5.41) is 3.20. The summed E-state index contributed by atoms with van der Waals surface area (Å²) in [5.74, 6) is 1.24. The molecule has 1 aromatic rings. The van der Waals surface area contributed by atoms with Gasteiger partial charge in [0.2, 0.25) is 5.88 Å². The normalized spacial score (nSPS) is 10.7. The number of unbranched alkanes of at least 4 members (excludes halogenated alkanes) is 1. The van der Waals surface area contributed by atoms with Gasteiger partial charge >= 0.3 is 0 Å². The van der Waals surface area contributed by atoms with Gasteiger partial charge in [0.15, 0.2) is 5.82 Å². The average molecular weight is 253 g/mol. The van der Waals surface area contributed by atoms with Gasteiger partial charge in [0, 0.05) is 19.2 Å². The van der Waals surface area contributed by atoms with Crippen LogP contribution in [0.15, 0.2) is 12.1 Å². The first kappa shape index (κ1) is 14.6. The van der Waals surface area contributed by atoms with Gasteiger partial charge < -0.3 is 20.5 Å². The highest BCUT2D eigenvalue weighted by Gasteiger charge is 2.02. The van der Waals surface area contributed by atoms with Gasteiger partial charge in [-0.1, -0.05) is 0 Å². The fraction of sp³-hybridized carbons (Fsp3) is 0.615. The summed E-state index contributed by atoms with van der Waals surface area (Å²) in [5.41, 5.74) is 6.45. The lowest BCUT2D eigenvalue weighted by Crippen LogP contribution is -2.09. The second-order valence-electron chi connectivity index (χ2n) is 4.34. The lowest BCUT2D eigenvalue weighted by atomic mass is 10.3. The zero-order valence-electron chi connectivity index (χ0n) is 11.4. The van der Waals surface area contributed by atoms with Crippen LogP contribution in [0.4, 0.5) is 11.5 Å². The molecule has 0 aromatic carbocycles. The summed E-state index contributed by atoms with van der Waals surface area (Å²) in [4.78, 5) is 4.25. The monoisotopic (exact) mass is 253 g/mol. The molecule has 102 valence electrons. The first-order valence-electron chi connectivity index (χ1n) is 6.29. The summed E-state index contributed by atoms with van der Waals surface area (Å²) in [6.07, 6.45) is 2.34. The Bertz CT molecular complexity index is 356. The molecule has 5 heteroatoms. The maximum Gasteiger partial charge on any atom is 0.215 e. The largest absolute Gasteiger partial charge is 0.481 e. The molecule has 0 radical (unpaired) electrons. The highest BCUT2D eigenvalue weighted by Crippen LogP contribution is 2.19.